The molecule has 2 aromatic heterocycles. The summed E-state index contributed by atoms with van der Waals surface area (Å²) < 4.78 is 7.43. The van der Waals surface area contributed by atoms with E-state index in [0.29, 0.717) is 18.2 Å². The van der Waals surface area contributed by atoms with E-state index in [1.165, 1.54) is 18.5 Å². The summed E-state index contributed by atoms with van der Waals surface area (Å²) in [6.07, 6.45) is 5.85. The number of aromatic amines is 1. The van der Waals surface area contributed by atoms with Crippen LogP contribution in [-0.2, 0) is 19.4 Å². The van der Waals surface area contributed by atoms with Crippen molar-refractivity contribution < 1.29 is 9.53 Å². The molecule has 0 bridgehead atoms. The number of nitrogens with one attached hydrogen (secondary N) is 2. The Labute approximate surface area is 169 Å². The molecule has 0 spiro atoms. The molecule has 29 heavy (non-hydrogen) atoms. The molecule has 7 heteroatoms. The number of H-pyrrole nitrogens is 1. The molecule has 7 nitrogen and oxygen atoms in total. The Hall–Kier alpha value is -3.09. The minimum absolute atomic E-state index is 0.106. The monoisotopic (exact) mass is 391 g/mol. The molecule has 0 saturated heterocycles. The molecule has 2 aliphatic rings. The molecule has 0 radical (unpaired) electrons. The first kappa shape index (κ1) is 18.0. The number of nitrogens with zero attached hydrogens (tertiary/aromatic N) is 3. The maximum absolute atomic E-state index is 12.6. The summed E-state index contributed by atoms with van der Waals surface area (Å²) in [7, 11) is 1.67. The van der Waals surface area contributed by atoms with E-state index >= 15 is 0 Å². The highest BCUT2D eigenvalue weighted by Crippen LogP contribution is 2.39. The number of benzene rings is 1. The lowest BCUT2D eigenvalue weighted by Crippen LogP contribution is -2.26. The first-order valence-corrected chi connectivity index (χ1v) is 10.2. The van der Waals surface area contributed by atoms with Gasteiger partial charge in [0.2, 0.25) is 0 Å². The molecular formula is C22H25N5O2. The van der Waals surface area contributed by atoms with Crippen LogP contribution in [0, 0.1) is 0 Å². The Kier molecular flexibility index (Phi) is 4.58. The molecule has 1 aliphatic carbocycles. The van der Waals surface area contributed by atoms with Crippen LogP contribution >= 0.6 is 0 Å². The molecule has 5 rings (SSSR count). The van der Waals surface area contributed by atoms with Crippen LogP contribution < -0.4 is 10.1 Å². The summed E-state index contributed by atoms with van der Waals surface area (Å²) in [6, 6.07) is 10.2. The molecule has 150 valence electrons. The molecule has 1 fully saturated rings. The van der Waals surface area contributed by atoms with Gasteiger partial charge in [0.15, 0.2) is 0 Å². The highest BCUT2D eigenvalue weighted by atomic mass is 16.5. The molecule has 3 aromatic rings. The van der Waals surface area contributed by atoms with Gasteiger partial charge in [-0.1, -0.05) is 12.1 Å². The van der Waals surface area contributed by atoms with Crippen molar-refractivity contribution in [3.63, 3.8) is 0 Å². The highest BCUT2D eigenvalue weighted by Gasteiger charge is 2.28. The average Bonchev–Trinajstić information content (AvgIpc) is 3.38. The fraction of sp³-hybridized carbons (Fsp3) is 0.409. The Balaban J connectivity index is 1.34. The van der Waals surface area contributed by atoms with Gasteiger partial charge in [-0.25, -0.2) is 4.98 Å². The fourth-order valence-electron chi connectivity index (χ4n) is 4.13. The molecular weight excluding hydrogens is 366 g/mol. The van der Waals surface area contributed by atoms with E-state index in [1.807, 2.05) is 24.4 Å². The number of carbonyl (C=O) groups is 1. The maximum atomic E-state index is 12.6. The summed E-state index contributed by atoms with van der Waals surface area (Å²) in [5.41, 5.74) is 3.90. The van der Waals surface area contributed by atoms with Crippen molar-refractivity contribution in [1.82, 2.24) is 25.1 Å². The van der Waals surface area contributed by atoms with E-state index in [-0.39, 0.29) is 11.8 Å². The number of rotatable bonds is 6. The maximum Gasteiger partial charge on any atom is 0.271 e. The molecule has 2 N–H and O–H groups in total. The Morgan fingerprint density at radius 2 is 2.14 bits per heavy atom. The number of aromatic nitrogens is 4. The van der Waals surface area contributed by atoms with Gasteiger partial charge in [-0.2, -0.15) is 5.10 Å². The number of aryl methyl sites for hydroxylation is 2. The number of ether oxygens (including phenoxy) is 1. The van der Waals surface area contributed by atoms with Gasteiger partial charge in [0, 0.05) is 48.9 Å². The number of hydrogen-bond donors (Lipinski definition) is 2. The smallest absolute Gasteiger partial charge is 0.271 e. The standard InChI is InChI=1S/C22H25N5O2/c1-29-17-4-2-3-15(11-17)16-12-18-21(22(28)23-13-16)26-20(25-18)8-10-27-19(7-9-24-27)14-5-6-14/h2-4,7,9,11,14,16H,5-6,8,10,12-13H2,1H3,(H,23,28)(H,25,26). The predicted molar refractivity (Wildman–Crippen MR) is 108 cm³/mol. The minimum Gasteiger partial charge on any atom is -0.497 e. The van der Waals surface area contributed by atoms with Crippen molar-refractivity contribution in [1.29, 1.82) is 0 Å². The average molecular weight is 391 g/mol. The number of imidazole rings is 1. The Morgan fingerprint density at radius 3 is 2.97 bits per heavy atom. The van der Waals surface area contributed by atoms with Crippen molar-refractivity contribution in [2.75, 3.05) is 13.7 Å². The van der Waals surface area contributed by atoms with E-state index < -0.39 is 0 Å². The van der Waals surface area contributed by atoms with Crippen LogP contribution in [0.3, 0.4) is 0 Å². The summed E-state index contributed by atoms with van der Waals surface area (Å²) in [5, 5.41) is 7.48. The molecule has 1 aliphatic heterocycles. The van der Waals surface area contributed by atoms with Crippen molar-refractivity contribution in [2.24, 2.45) is 0 Å². The highest BCUT2D eigenvalue weighted by molar-refractivity contribution is 5.94. The van der Waals surface area contributed by atoms with Gasteiger partial charge in [0.1, 0.15) is 17.3 Å². The second-order valence-corrected chi connectivity index (χ2v) is 7.90. The van der Waals surface area contributed by atoms with Crippen LogP contribution in [0.25, 0.3) is 0 Å². The lowest BCUT2D eigenvalue weighted by Gasteiger charge is -2.15. The fourth-order valence-corrected chi connectivity index (χ4v) is 4.13. The summed E-state index contributed by atoms with van der Waals surface area (Å²) in [4.78, 5) is 20.6. The van der Waals surface area contributed by atoms with Gasteiger partial charge in [-0.05, 0) is 43.0 Å². The molecule has 1 atom stereocenters. The van der Waals surface area contributed by atoms with E-state index in [4.69, 9.17) is 4.74 Å². The Bertz CT molecular complexity index is 1030. The van der Waals surface area contributed by atoms with Gasteiger partial charge >= 0.3 is 0 Å². The topological polar surface area (TPSA) is 84.8 Å². The lowest BCUT2D eigenvalue weighted by molar-refractivity contribution is 0.0950. The zero-order valence-corrected chi connectivity index (χ0v) is 16.5. The largest absolute Gasteiger partial charge is 0.497 e. The molecule has 1 aromatic carbocycles. The zero-order valence-electron chi connectivity index (χ0n) is 16.5. The number of carbonyl (C=O) groups excluding carboxylic acids is 1. The third-order valence-corrected chi connectivity index (χ3v) is 5.87. The first-order valence-electron chi connectivity index (χ1n) is 10.2. The van der Waals surface area contributed by atoms with Crippen LogP contribution in [0.5, 0.6) is 5.75 Å². The van der Waals surface area contributed by atoms with E-state index in [1.54, 1.807) is 7.11 Å². The van der Waals surface area contributed by atoms with Crippen molar-refractivity contribution in [3.8, 4) is 5.75 Å². The Morgan fingerprint density at radius 1 is 1.24 bits per heavy atom. The van der Waals surface area contributed by atoms with E-state index in [2.05, 4.69) is 37.2 Å². The van der Waals surface area contributed by atoms with Crippen LogP contribution in [0.15, 0.2) is 36.5 Å². The van der Waals surface area contributed by atoms with Gasteiger partial charge in [-0.15, -0.1) is 0 Å². The summed E-state index contributed by atoms with van der Waals surface area (Å²) >= 11 is 0. The van der Waals surface area contributed by atoms with Crippen molar-refractivity contribution >= 4 is 5.91 Å². The minimum atomic E-state index is -0.106. The third-order valence-electron chi connectivity index (χ3n) is 5.87. The quantitative estimate of drug-likeness (QED) is 0.677. The predicted octanol–water partition coefficient (Wildman–Crippen LogP) is 2.80. The van der Waals surface area contributed by atoms with E-state index in [9.17, 15) is 4.79 Å². The van der Waals surface area contributed by atoms with Gasteiger partial charge in [-0.3, -0.25) is 9.48 Å². The summed E-state index contributed by atoms with van der Waals surface area (Å²) in [5.74, 6) is 2.41. The first-order chi connectivity index (χ1) is 14.2. The zero-order chi connectivity index (χ0) is 19.8. The second-order valence-electron chi connectivity index (χ2n) is 7.90. The van der Waals surface area contributed by atoms with Crippen LogP contribution in [0.4, 0.5) is 0 Å². The molecule has 1 saturated carbocycles. The number of hydrogen-bond acceptors (Lipinski definition) is 4. The molecule has 1 unspecified atom stereocenters. The van der Waals surface area contributed by atoms with Crippen LogP contribution in [-0.4, -0.2) is 39.3 Å². The molecule has 3 heterocycles. The normalized spacial score (nSPS) is 18.8. The number of fused-ring (bicyclic) bond motifs is 1. The number of methoxy groups -OCH3 is 1. The van der Waals surface area contributed by atoms with Crippen molar-refractivity contribution in [3.05, 3.63) is 65.0 Å². The third kappa shape index (κ3) is 3.64. The van der Waals surface area contributed by atoms with E-state index in [0.717, 1.165) is 42.2 Å². The van der Waals surface area contributed by atoms with Crippen molar-refractivity contribution in [2.45, 2.75) is 44.1 Å². The van der Waals surface area contributed by atoms with Gasteiger partial charge < -0.3 is 15.0 Å². The number of amides is 1. The van der Waals surface area contributed by atoms with Crippen LogP contribution in [0.2, 0.25) is 0 Å². The summed E-state index contributed by atoms with van der Waals surface area (Å²) in [6.45, 7) is 1.36. The second kappa shape index (κ2) is 7.39. The van der Waals surface area contributed by atoms with Gasteiger partial charge in [0.25, 0.3) is 5.91 Å². The lowest BCUT2D eigenvalue weighted by atomic mass is 9.94. The molecule has 1 amide bonds. The van der Waals surface area contributed by atoms with Crippen LogP contribution in [0.1, 0.15) is 57.9 Å². The SMILES string of the molecule is COc1cccc(C2CNC(=O)c3nc(CCn4nccc4C4CC4)[nH]c3C2)c1. The van der Waals surface area contributed by atoms with Gasteiger partial charge in [0.05, 0.1) is 7.11 Å².